The summed E-state index contributed by atoms with van der Waals surface area (Å²) in [6.07, 6.45) is -0.261. The lowest BCUT2D eigenvalue weighted by atomic mass is 10.0. The van der Waals surface area contributed by atoms with E-state index in [4.69, 9.17) is 4.74 Å². The molecule has 2 unspecified atom stereocenters. The molecule has 0 spiro atoms. The van der Waals surface area contributed by atoms with Gasteiger partial charge in [0.25, 0.3) is 11.8 Å². The van der Waals surface area contributed by atoms with Crippen molar-refractivity contribution in [3.63, 3.8) is 0 Å². The summed E-state index contributed by atoms with van der Waals surface area (Å²) in [7, 11) is 0. The number of carbonyl (C=O) groups is 4. The average molecular weight is 486 g/mol. The Hall–Kier alpha value is -3.20. The fourth-order valence-corrected chi connectivity index (χ4v) is 4.06. The van der Waals surface area contributed by atoms with Gasteiger partial charge in [0.1, 0.15) is 11.8 Å². The second kappa shape index (κ2) is 8.50. The van der Waals surface area contributed by atoms with Gasteiger partial charge in [0, 0.05) is 23.0 Å². The van der Waals surface area contributed by atoms with Gasteiger partial charge in [0.2, 0.25) is 11.8 Å². The van der Waals surface area contributed by atoms with Gasteiger partial charge in [-0.05, 0) is 65.2 Å². The fourth-order valence-electron chi connectivity index (χ4n) is 3.68. The number of anilines is 1. The van der Waals surface area contributed by atoms with Gasteiger partial charge in [-0.2, -0.15) is 0 Å². The summed E-state index contributed by atoms with van der Waals surface area (Å²) >= 11 is 3.39. The molecule has 0 bridgehead atoms. The Morgan fingerprint density at radius 2 is 2.00 bits per heavy atom. The van der Waals surface area contributed by atoms with Crippen molar-refractivity contribution in [3.8, 4) is 5.75 Å². The van der Waals surface area contributed by atoms with Crippen LogP contribution in [0.2, 0.25) is 0 Å². The number of ether oxygens (including phenoxy) is 1. The summed E-state index contributed by atoms with van der Waals surface area (Å²) in [4.78, 5) is 50.2. The summed E-state index contributed by atoms with van der Waals surface area (Å²) in [5.41, 5.74) is 1.84. The molecular formula is C22H20BrN3O5. The Morgan fingerprint density at radius 1 is 1.23 bits per heavy atom. The van der Waals surface area contributed by atoms with Crippen molar-refractivity contribution in [1.82, 2.24) is 10.2 Å². The zero-order chi connectivity index (χ0) is 22.1. The van der Waals surface area contributed by atoms with Crippen LogP contribution in [0.15, 0.2) is 46.9 Å². The van der Waals surface area contributed by atoms with E-state index in [1.165, 1.54) is 4.90 Å². The molecule has 1 saturated heterocycles. The minimum atomic E-state index is -0.770. The molecule has 2 aliphatic rings. The number of nitrogens with one attached hydrogen (secondary N) is 2. The lowest BCUT2D eigenvalue weighted by Crippen LogP contribution is -2.52. The molecule has 2 N–H and O–H groups in total. The number of nitrogens with zero attached hydrogens (tertiary/aromatic N) is 1. The normalized spacial score (nSPS) is 19.0. The molecule has 4 rings (SSSR count). The first-order valence-corrected chi connectivity index (χ1v) is 10.6. The Morgan fingerprint density at radius 3 is 2.74 bits per heavy atom. The van der Waals surface area contributed by atoms with E-state index in [-0.39, 0.29) is 30.7 Å². The van der Waals surface area contributed by atoms with Crippen LogP contribution in [0.5, 0.6) is 5.75 Å². The van der Waals surface area contributed by atoms with Crippen molar-refractivity contribution in [2.45, 2.75) is 38.5 Å². The van der Waals surface area contributed by atoms with Crippen LogP contribution >= 0.6 is 15.9 Å². The smallest absolute Gasteiger partial charge is 0.265 e. The zero-order valence-electron chi connectivity index (χ0n) is 16.7. The molecule has 160 valence electrons. The molecule has 2 heterocycles. The van der Waals surface area contributed by atoms with Crippen molar-refractivity contribution < 1.29 is 23.9 Å². The number of carbonyl (C=O) groups excluding carboxylic acids is 4. The number of benzene rings is 2. The lowest BCUT2D eigenvalue weighted by Gasteiger charge is -2.29. The molecule has 0 aromatic heterocycles. The van der Waals surface area contributed by atoms with Crippen LogP contribution in [0.4, 0.5) is 5.69 Å². The van der Waals surface area contributed by atoms with Crippen LogP contribution in [-0.4, -0.2) is 40.7 Å². The summed E-state index contributed by atoms with van der Waals surface area (Å²) in [5, 5.41) is 5.09. The minimum Gasteiger partial charge on any atom is -0.481 e. The molecule has 1 fully saturated rings. The minimum absolute atomic E-state index is 0.203. The molecule has 2 aliphatic heterocycles. The number of piperidine rings is 1. The number of amides is 4. The number of halogens is 1. The summed E-state index contributed by atoms with van der Waals surface area (Å²) in [6, 6.07) is 11.6. The van der Waals surface area contributed by atoms with E-state index in [1.54, 1.807) is 31.2 Å². The van der Waals surface area contributed by atoms with Crippen LogP contribution in [0, 0.1) is 0 Å². The van der Waals surface area contributed by atoms with Crippen LogP contribution < -0.4 is 15.4 Å². The molecule has 0 radical (unpaired) electrons. The number of para-hydroxylation sites is 1. The van der Waals surface area contributed by atoms with E-state index in [0.29, 0.717) is 29.0 Å². The maximum Gasteiger partial charge on any atom is 0.265 e. The second-order valence-corrected chi connectivity index (χ2v) is 8.30. The molecule has 2 aromatic rings. The maximum absolute atomic E-state index is 12.8. The number of hydrogen-bond donors (Lipinski definition) is 2. The van der Waals surface area contributed by atoms with Gasteiger partial charge in [-0.25, -0.2) is 0 Å². The Kier molecular flexibility index (Phi) is 5.77. The monoisotopic (exact) mass is 485 g/mol. The quantitative estimate of drug-likeness (QED) is 0.633. The summed E-state index contributed by atoms with van der Waals surface area (Å²) in [5.74, 6) is -0.891. The third-order valence-corrected chi connectivity index (χ3v) is 6.00. The predicted molar refractivity (Wildman–Crippen MR) is 115 cm³/mol. The average Bonchev–Trinajstić information content (AvgIpc) is 3.05. The van der Waals surface area contributed by atoms with Gasteiger partial charge in [-0.15, -0.1) is 0 Å². The summed E-state index contributed by atoms with van der Waals surface area (Å²) < 4.78 is 6.55. The molecule has 31 heavy (non-hydrogen) atoms. The SMILES string of the molecule is CC(Oc1ccc2c(c1)CN(C1CCC(=O)NC1=O)C2=O)C(=O)Nc1ccccc1Br. The molecule has 0 saturated carbocycles. The highest BCUT2D eigenvalue weighted by molar-refractivity contribution is 9.10. The van der Waals surface area contributed by atoms with Crippen molar-refractivity contribution in [3.05, 3.63) is 58.1 Å². The van der Waals surface area contributed by atoms with E-state index >= 15 is 0 Å². The highest BCUT2D eigenvalue weighted by Gasteiger charge is 2.39. The molecule has 8 nitrogen and oxygen atoms in total. The van der Waals surface area contributed by atoms with Crippen molar-refractivity contribution in [2.75, 3.05) is 5.32 Å². The fraction of sp³-hybridized carbons (Fsp3) is 0.273. The van der Waals surface area contributed by atoms with Crippen LogP contribution in [0.25, 0.3) is 0 Å². The maximum atomic E-state index is 12.8. The molecular weight excluding hydrogens is 466 g/mol. The molecule has 2 atom stereocenters. The van der Waals surface area contributed by atoms with E-state index in [1.807, 2.05) is 18.2 Å². The highest BCUT2D eigenvalue weighted by Crippen LogP contribution is 2.30. The highest BCUT2D eigenvalue weighted by atomic mass is 79.9. The molecule has 0 aliphatic carbocycles. The lowest BCUT2D eigenvalue weighted by molar-refractivity contribution is -0.137. The number of hydrogen-bond acceptors (Lipinski definition) is 5. The van der Waals surface area contributed by atoms with Gasteiger partial charge in [0.05, 0.1) is 5.69 Å². The van der Waals surface area contributed by atoms with Gasteiger partial charge in [-0.1, -0.05) is 12.1 Å². The third-order valence-electron chi connectivity index (χ3n) is 5.31. The number of fused-ring (bicyclic) bond motifs is 1. The van der Waals surface area contributed by atoms with Crippen LogP contribution in [0.3, 0.4) is 0 Å². The first kappa shape index (κ1) is 21.0. The topological polar surface area (TPSA) is 105 Å². The van der Waals surface area contributed by atoms with E-state index < -0.39 is 18.1 Å². The van der Waals surface area contributed by atoms with E-state index in [2.05, 4.69) is 26.6 Å². The van der Waals surface area contributed by atoms with Gasteiger partial charge in [0.15, 0.2) is 6.10 Å². The van der Waals surface area contributed by atoms with Gasteiger partial charge in [-0.3, -0.25) is 24.5 Å². The van der Waals surface area contributed by atoms with Gasteiger partial charge < -0.3 is 15.0 Å². The Labute approximate surface area is 187 Å². The van der Waals surface area contributed by atoms with Gasteiger partial charge >= 0.3 is 0 Å². The largest absolute Gasteiger partial charge is 0.481 e. The number of imide groups is 1. The Bertz CT molecular complexity index is 1090. The number of rotatable bonds is 5. The first-order chi connectivity index (χ1) is 14.8. The first-order valence-electron chi connectivity index (χ1n) is 9.83. The Balaban J connectivity index is 1.43. The second-order valence-electron chi connectivity index (χ2n) is 7.45. The standard InChI is InChI=1S/C22H20BrN3O5/c1-12(20(28)24-17-5-3-2-4-16(17)23)31-14-6-7-15-13(10-14)11-26(22(15)30)18-8-9-19(27)25-21(18)29/h2-7,10,12,18H,8-9,11H2,1H3,(H,24,28)(H,25,27,29). The van der Waals surface area contributed by atoms with Crippen molar-refractivity contribution in [1.29, 1.82) is 0 Å². The van der Waals surface area contributed by atoms with Crippen LogP contribution in [-0.2, 0) is 20.9 Å². The van der Waals surface area contributed by atoms with E-state index in [9.17, 15) is 19.2 Å². The predicted octanol–water partition coefficient (Wildman–Crippen LogP) is 2.62. The molecule has 4 amide bonds. The van der Waals surface area contributed by atoms with E-state index in [0.717, 1.165) is 4.47 Å². The van der Waals surface area contributed by atoms with Crippen molar-refractivity contribution in [2.24, 2.45) is 0 Å². The molecule has 9 heteroatoms. The van der Waals surface area contributed by atoms with Crippen molar-refractivity contribution >= 4 is 45.2 Å². The molecule has 2 aromatic carbocycles. The zero-order valence-corrected chi connectivity index (χ0v) is 18.3. The van der Waals surface area contributed by atoms with Crippen LogP contribution in [0.1, 0.15) is 35.7 Å². The third kappa shape index (κ3) is 4.32. The summed E-state index contributed by atoms with van der Waals surface area (Å²) in [6.45, 7) is 1.88.